The van der Waals surface area contributed by atoms with Crippen molar-refractivity contribution in [1.29, 1.82) is 0 Å². The van der Waals surface area contributed by atoms with E-state index in [1.807, 2.05) is 0 Å². The van der Waals surface area contributed by atoms with E-state index in [9.17, 15) is 0 Å². The molecule has 0 aromatic heterocycles. The van der Waals surface area contributed by atoms with Gasteiger partial charge in [0, 0.05) is 0 Å². The molecule has 0 fully saturated rings. The van der Waals surface area contributed by atoms with Crippen LogP contribution >= 0.6 is 11.1 Å². The summed E-state index contributed by atoms with van der Waals surface area (Å²) in [5, 5.41) is 0.455. The minimum absolute atomic E-state index is 0.455. The van der Waals surface area contributed by atoms with Crippen LogP contribution in [0.5, 0.6) is 0 Å². The van der Waals surface area contributed by atoms with E-state index in [-0.39, 0.29) is 0 Å². The molecular formula is C7H17ClSi. The van der Waals surface area contributed by atoms with Crippen LogP contribution in [0.4, 0.5) is 0 Å². The summed E-state index contributed by atoms with van der Waals surface area (Å²) in [6.45, 7) is 8.98. The Hall–Kier alpha value is 0.507. The van der Waals surface area contributed by atoms with E-state index in [0.29, 0.717) is 5.04 Å². The van der Waals surface area contributed by atoms with Crippen LogP contribution in [0.3, 0.4) is 0 Å². The Kier molecular flexibility index (Phi) is 3.82. The molecule has 56 valence electrons. The van der Waals surface area contributed by atoms with Crippen LogP contribution in [0.25, 0.3) is 0 Å². The van der Waals surface area contributed by atoms with E-state index in [1.165, 1.54) is 12.8 Å². The van der Waals surface area contributed by atoms with Gasteiger partial charge in [-0.05, 0) is 11.5 Å². The van der Waals surface area contributed by atoms with Crippen LogP contribution in [-0.4, -0.2) is 8.11 Å². The maximum Gasteiger partial charge on any atom is 0.143 e. The van der Waals surface area contributed by atoms with Crippen molar-refractivity contribution < 1.29 is 0 Å². The Morgan fingerprint density at radius 3 is 2.00 bits per heavy atom. The molecule has 0 amide bonds. The second-order valence-corrected chi connectivity index (χ2v) is 8.11. The van der Waals surface area contributed by atoms with E-state index in [4.69, 9.17) is 11.1 Å². The third kappa shape index (κ3) is 3.26. The highest BCUT2D eigenvalue weighted by Crippen LogP contribution is 2.35. The fourth-order valence-electron chi connectivity index (χ4n) is 0.843. The first-order chi connectivity index (χ1) is 4.00. The van der Waals surface area contributed by atoms with Crippen LogP contribution in [0, 0.1) is 0 Å². The smallest absolute Gasteiger partial charge is 0.143 e. The van der Waals surface area contributed by atoms with Crippen molar-refractivity contribution in [2.45, 2.75) is 45.2 Å². The first-order valence-electron chi connectivity index (χ1n) is 3.64. The zero-order valence-corrected chi connectivity index (χ0v) is 8.78. The van der Waals surface area contributed by atoms with Gasteiger partial charge < -0.3 is 0 Å². The summed E-state index contributed by atoms with van der Waals surface area (Å²) < 4.78 is 0. The van der Waals surface area contributed by atoms with Gasteiger partial charge in [-0.3, -0.25) is 0 Å². The second-order valence-electron chi connectivity index (χ2n) is 3.35. The van der Waals surface area contributed by atoms with Crippen LogP contribution < -0.4 is 0 Å². The molecule has 9 heavy (non-hydrogen) atoms. The molecule has 0 saturated carbocycles. The molecule has 0 aliphatic rings. The molecule has 1 unspecified atom stereocenters. The molecule has 1 atom stereocenters. The maximum atomic E-state index is 6.09. The minimum Gasteiger partial charge on any atom is -0.171 e. The molecule has 0 aromatic carbocycles. The fourth-order valence-corrected chi connectivity index (χ4v) is 1.86. The quantitative estimate of drug-likeness (QED) is 0.444. The molecule has 0 heterocycles. The summed E-state index contributed by atoms with van der Waals surface area (Å²) in [4.78, 5) is 0. The van der Waals surface area contributed by atoms with Crippen LogP contribution in [-0.2, 0) is 0 Å². The van der Waals surface area contributed by atoms with Crippen molar-refractivity contribution >= 4 is 19.2 Å². The Balaban J connectivity index is 3.70. The normalized spacial score (nSPS) is 15.7. The van der Waals surface area contributed by atoms with Gasteiger partial charge >= 0.3 is 0 Å². The summed E-state index contributed by atoms with van der Waals surface area (Å²) in [6.07, 6.45) is 2.54. The van der Waals surface area contributed by atoms with Crippen molar-refractivity contribution in [3.8, 4) is 0 Å². The van der Waals surface area contributed by atoms with E-state index in [2.05, 4.69) is 27.3 Å². The lowest BCUT2D eigenvalue weighted by Crippen LogP contribution is -2.18. The molecule has 0 saturated heterocycles. The van der Waals surface area contributed by atoms with Crippen molar-refractivity contribution in [3.63, 3.8) is 0 Å². The molecule has 0 aliphatic heterocycles. The molecule has 0 radical (unpaired) electrons. The van der Waals surface area contributed by atoms with Gasteiger partial charge in [0.15, 0.2) is 0 Å². The predicted molar refractivity (Wildman–Crippen MR) is 47.8 cm³/mol. The lowest BCUT2D eigenvalue weighted by molar-refractivity contribution is 0.590. The van der Waals surface area contributed by atoms with Crippen molar-refractivity contribution in [2.24, 2.45) is 0 Å². The van der Waals surface area contributed by atoms with Crippen molar-refractivity contribution in [2.75, 3.05) is 0 Å². The van der Waals surface area contributed by atoms with E-state index in [1.54, 1.807) is 0 Å². The average molecular weight is 165 g/mol. The summed E-state index contributed by atoms with van der Waals surface area (Å²) in [7, 11) is -0.925. The summed E-state index contributed by atoms with van der Waals surface area (Å²) in [5.74, 6) is 0. The van der Waals surface area contributed by atoms with Gasteiger partial charge in [-0.2, -0.15) is 11.1 Å². The molecule has 0 bridgehead atoms. The Morgan fingerprint density at radius 1 is 1.44 bits per heavy atom. The summed E-state index contributed by atoms with van der Waals surface area (Å²) in [6, 6.07) is 0. The van der Waals surface area contributed by atoms with Gasteiger partial charge in [-0.25, -0.2) is 0 Å². The monoisotopic (exact) mass is 164 g/mol. The lowest BCUT2D eigenvalue weighted by Gasteiger charge is -2.25. The van der Waals surface area contributed by atoms with Crippen LogP contribution in [0.1, 0.15) is 33.6 Å². The number of halogens is 1. The summed E-state index contributed by atoms with van der Waals surface area (Å²) in [5.41, 5.74) is 0. The molecule has 0 rings (SSSR count). The molecule has 0 aromatic rings. The molecule has 0 N–H and O–H groups in total. The highest BCUT2D eigenvalue weighted by molar-refractivity contribution is 7.07. The van der Waals surface area contributed by atoms with Gasteiger partial charge in [-0.1, -0.05) is 33.7 Å². The zero-order valence-electron chi connectivity index (χ0n) is 6.87. The zero-order chi connectivity index (χ0) is 7.49. The lowest BCUT2D eigenvalue weighted by atomic mass is 10.1. The predicted octanol–water partition coefficient (Wildman–Crippen LogP) is 3.16. The van der Waals surface area contributed by atoms with Gasteiger partial charge in [0.05, 0.1) is 0 Å². The average Bonchev–Trinajstić information content (AvgIpc) is 1.65. The minimum atomic E-state index is -0.925. The van der Waals surface area contributed by atoms with E-state index >= 15 is 0 Å². The molecule has 2 heteroatoms. The SMILES string of the molecule is CCCC(C)(C)[SiH](C)Cl. The number of rotatable bonds is 3. The Bertz CT molecular complexity index is 79.0. The van der Waals surface area contributed by atoms with Gasteiger partial charge in [0.25, 0.3) is 0 Å². The first-order valence-corrected chi connectivity index (χ1v) is 7.12. The Labute approximate surface area is 64.9 Å². The molecule has 0 aliphatic carbocycles. The van der Waals surface area contributed by atoms with Gasteiger partial charge in [0.2, 0.25) is 0 Å². The highest BCUT2D eigenvalue weighted by atomic mass is 35.6. The molecule has 0 nitrogen and oxygen atoms in total. The second kappa shape index (κ2) is 3.62. The van der Waals surface area contributed by atoms with Crippen LogP contribution in [0.15, 0.2) is 0 Å². The maximum absolute atomic E-state index is 6.09. The van der Waals surface area contributed by atoms with E-state index < -0.39 is 8.11 Å². The van der Waals surface area contributed by atoms with Gasteiger partial charge in [-0.15, -0.1) is 0 Å². The van der Waals surface area contributed by atoms with Crippen molar-refractivity contribution in [3.05, 3.63) is 0 Å². The third-order valence-corrected chi connectivity index (χ3v) is 6.19. The fraction of sp³-hybridized carbons (Fsp3) is 1.00. The largest absolute Gasteiger partial charge is 0.171 e. The molecular weight excluding hydrogens is 148 g/mol. The topological polar surface area (TPSA) is 0 Å². The number of hydrogen-bond donors (Lipinski definition) is 0. The summed E-state index contributed by atoms with van der Waals surface area (Å²) >= 11 is 6.09. The first kappa shape index (κ1) is 9.51. The standard InChI is InChI=1S/C7H17ClSi/c1-5-6-7(2,3)9(4)8/h9H,5-6H2,1-4H3. The molecule has 0 spiro atoms. The Morgan fingerprint density at radius 2 is 1.89 bits per heavy atom. The van der Waals surface area contributed by atoms with E-state index in [0.717, 1.165) is 0 Å². The highest BCUT2D eigenvalue weighted by Gasteiger charge is 2.23. The third-order valence-electron chi connectivity index (χ3n) is 1.97. The van der Waals surface area contributed by atoms with Crippen molar-refractivity contribution in [1.82, 2.24) is 0 Å². The van der Waals surface area contributed by atoms with Gasteiger partial charge in [0.1, 0.15) is 8.11 Å². The van der Waals surface area contributed by atoms with Crippen LogP contribution in [0.2, 0.25) is 11.6 Å². The number of hydrogen-bond acceptors (Lipinski definition) is 0.